The maximum Gasteiger partial charge on any atom is 0.322 e. The minimum absolute atomic E-state index is 0.0739. The summed E-state index contributed by atoms with van der Waals surface area (Å²) >= 11 is 0. The average Bonchev–Trinajstić information content (AvgIpc) is 2.69. The van der Waals surface area contributed by atoms with E-state index >= 15 is 0 Å². The molecule has 0 unspecified atom stereocenters. The second kappa shape index (κ2) is 11.5. The molecular formula is C21H28N2O5S. The van der Waals surface area contributed by atoms with Crippen LogP contribution in [0.5, 0.6) is 5.75 Å². The van der Waals surface area contributed by atoms with Crippen molar-refractivity contribution in [2.75, 3.05) is 12.4 Å². The summed E-state index contributed by atoms with van der Waals surface area (Å²) in [4.78, 5) is 15.4. The molecule has 1 aromatic carbocycles. The van der Waals surface area contributed by atoms with Gasteiger partial charge in [-0.25, -0.2) is 13.1 Å². The topological polar surface area (TPSA) is 106 Å². The molecule has 2 N–H and O–H groups in total. The SMILES string of the molecule is CCCS(=O)(=O)N[C@H](Cc1ccc(OCCCCc2ccncc2)cc1)C(=O)O. The number of rotatable bonds is 13. The van der Waals surface area contributed by atoms with Crippen LogP contribution in [0.1, 0.15) is 37.3 Å². The van der Waals surface area contributed by atoms with E-state index in [0.29, 0.717) is 18.8 Å². The fraction of sp³-hybridized carbons (Fsp3) is 0.429. The smallest absolute Gasteiger partial charge is 0.322 e. The van der Waals surface area contributed by atoms with Crippen molar-refractivity contribution in [3.63, 3.8) is 0 Å². The molecule has 158 valence electrons. The third kappa shape index (κ3) is 8.62. The first kappa shape index (κ1) is 22.8. The molecule has 0 aliphatic heterocycles. The number of benzene rings is 1. The van der Waals surface area contributed by atoms with Crippen LogP contribution in [0, 0.1) is 0 Å². The van der Waals surface area contributed by atoms with Crippen molar-refractivity contribution in [3.8, 4) is 5.75 Å². The molecule has 0 spiro atoms. The van der Waals surface area contributed by atoms with Crippen LogP contribution in [-0.2, 0) is 27.7 Å². The van der Waals surface area contributed by atoms with Crippen LogP contribution in [-0.4, -0.2) is 42.9 Å². The number of nitrogens with one attached hydrogen (secondary N) is 1. The van der Waals surface area contributed by atoms with Crippen LogP contribution in [0.2, 0.25) is 0 Å². The molecular weight excluding hydrogens is 392 g/mol. The van der Waals surface area contributed by atoms with E-state index in [-0.39, 0.29) is 12.2 Å². The lowest BCUT2D eigenvalue weighted by atomic mass is 10.1. The Labute approximate surface area is 172 Å². The fourth-order valence-electron chi connectivity index (χ4n) is 2.85. The van der Waals surface area contributed by atoms with Gasteiger partial charge in [0, 0.05) is 12.4 Å². The molecule has 0 saturated carbocycles. The van der Waals surface area contributed by atoms with Gasteiger partial charge < -0.3 is 9.84 Å². The van der Waals surface area contributed by atoms with Gasteiger partial charge in [-0.1, -0.05) is 19.1 Å². The number of aromatic nitrogens is 1. The van der Waals surface area contributed by atoms with E-state index in [4.69, 9.17) is 4.74 Å². The van der Waals surface area contributed by atoms with Gasteiger partial charge in [-0.15, -0.1) is 0 Å². The van der Waals surface area contributed by atoms with Crippen molar-refractivity contribution in [1.29, 1.82) is 0 Å². The summed E-state index contributed by atoms with van der Waals surface area (Å²) in [5.74, 6) is -0.583. The van der Waals surface area contributed by atoms with Crippen molar-refractivity contribution in [2.45, 2.75) is 45.1 Å². The van der Waals surface area contributed by atoms with Crippen LogP contribution in [0.3, 0.4) is 0 Å². The number of hydrogen-bond acceptors (Lipinski definition) is 5. The first-order valence-electron chi connectivity index (χ1n) is 9.73. The zero-order chi connectivity index (χ0) is 21.1. The van der Waals surface area contributed by atoms with Crippen LogP contribution in [0.15, 0.2) is 48.8 Å². The standard InChI is InChI=1S/C21H28N2O5S/c1-2-15-29(26,27)23-20(21(24)25)16-18-6-8-19(9-7-18)28-14-4-3-5-17-10-12-22-13-11-17/h6-13,20,23H,2-5,14-16H2,1H3,(H,24,25)/t20-/m1/s1. The average molecular weight is 421 g/mol. The molecule has 0 aliphatic carbocycles. The number of carboxylic acids is 1. The number of nitrogens with zero attached hydrogens (tertiary/aromatic N) is 1. The second-order valence-corrected chi connectivity index (χ2v) is 8.71. The Morgan fingerprint density at radius 1 is 1.10 bits per heavy atom. The van der Waals surface area contributed by atoms with Gasteiger partial charge in [0.05, 0.1) is 12.4 Å². The van der Waals surface area contributed by atoms with Crippen molar-refractivity contribution < 1.29 is 23.1 Å². The van der Waals surface area contributed by atoms with Gasteiger partial charge in [0.1, 0.15) is 11.8 Å². The number of aryl methyl sites for hydroxylation is 1. The first-order valence-corrected chi connectivity index (χ1v) is 11.4. The van der Waals surface area contributed by atoms with Crippen molar-refractivity contribution in [2.24, 2.45) is 0 Å². The predicted octanol–water partition coefficient (Wildman–Crippen LogP) is 2.81. The van der Waals surface area contributed by atoms with E-state index in [9.17, 15) is 18.3 Å². The number of carboxylic acid groups (broad SMARTS) is 1. The summed E-state index contributed by atoms with van der Waals surface area (Å²) in [6.07, 6.45) is 6.99. The van der Waals surface area contributed by atoms with E-state index in [2.05, 4.69) is 9.71 Å². The van der Waals surface area contributed by atoms with Crippen LogP contribution in [0.25, 0.3) is 0 Å². The predicted molar refractivity (Wildman–Crippen MR) is 111 cm³/mol. The monoisotopic (exact) mass is 420 g/mol. The Morgan fingerprint density at radius 3 is 2.41 bits per heavy atom. The van der Waals surface area contributed by atoms with Gasteiger partial charge in [0.15, 0.2) is 0 Å². The highest BCUT2D eigenvalue weighted by Gasteiger charge is 2.23. The highest BCUT2D eigenvalue weighted by Crippen LogP contribution is 2.15. The Bertz CT molecular complexity index is 854. The molecule has 0 bridgehead atoms. The van der Waals surface area contributed by atoms with Crippen LogP contribution < -0.4 is 9.46 Å². The molecule has 0 saturated heterocycles. The molecule has 8 heteroatoms. The van der Waals surface area contributed by atoms with Gasteiger partial charge in [-0.2, -0.15) is 0 Å². The number of hydrogen-bond donors (Lipinski definition) is 2. The number of carbonyl (C=O) groups is 1. The normalized spacial score (nSPS) is 12.4. The lowest BCUT2D eigenvalue weighted by Gasteiger charge is -2.15. The highest BCUT2D eigenvalue weighted by molar-refractivity contribution is 7.89. The van der Waals surface area contributed by atoms with Gasteiger partial charge in [0.25, 0.3) is 0 Å². The third-order valence-electron chi connectivity index (χ3n) is 4.33. The molecule has 0 amide bonds. The van der Waals surface area contributed by atoms with Crippen molar-refractivity contribution in [3.05, 3.63) is 59.9 Å². The van der Waals surface area contributed by atoms with Gasteiger partial charge in [0.2, 0.25) is 10.0 Å². The molecule has 7 nitrogen and oxygen atoms in total. The molecule has 1 atom stereocenters. The summed E-state index contributed by atoms with van der Waals surface area (Å²) in [6.45, 7) is 2.33. The van der Waals surface area contributed by atoms with E-state index in [1.807, 2.05) is 12.1 Å². The van der Waals surface area contributed by atoms with Gasteiger partial charge >= 0.3 is 5.97 Å². The summed E-state index contributed by atoms with van der Waals surface area (Å²) in [5, 5.41) is 9.31. The molecule has 0 fully saturated rings. The maximum atomic E-state index is 11.9. The minimum Gasteiger partial charge on any atom is -0.494 e. The van der Waals surface area contributed by atoms with E-state index in [1.165, 1.54) is 5.56 Å². The molecule has 2 aromatic rings. The molecule has 2 rings (SSSR count). The number of aliphatic carboxylic acids is 1. The molecule has 1 heterocycles. The van der Waals surface area contributed by atoms with Gasteiger partial charge in [-0.05, 0) is 67.5 Å². The number of unbranched alkanes of at least 4 members (excludes halogenated alkanes) is 1. The zero-order valence-corrected chi connectivity index (χ0v) is 17.4. The Balaban J connectivity index is 1.78. The second-order valence-electron chi connectivity index (χ2n) is 6.84. The zero-order valence-electron chi connectivity index (χ0n) is 16.6. The summed E-state index contributed by atoms with van der Waals surface area (Å²) in [5.41, 5.74) is 1.98. The molecule has 0 radical (unpaired) electrons. The maximum absolute atomic E-state index is 11.9. The molecule has 29 heavy (non-hydrogen) atoms. The van der Waals surface area contributed by atoms with Crippen LogP contribution in [0.4, 0.5) is 0 Å². The largest absolute Gasteiger partial charge is 0.494 e. The fourth-order valence-corrected chi connectivity index (χ4v) is 4.12. The minimum atomic E-state index is -3.60. The van der Waals surface area contributed by atoms with E-state index in [0.717, 1.165) is 24.8 Å². The van der Waals surface area contributed by atoms with E-state index in [1.54, 1.807) is 43.6 Å². The summed E-state index contributed by atoms with van der Waals surface area (Å²) < 4.78 is 31.7. The Morgan fingerprint density at radius 2 is 1.79 bits per heavy atom. The van der Waals surface area contributed by atoms with Crippen molar-refractivity contribution in [1.82, 2.24) is 9.71 Å². The van der Waals surface area contributed by atoms with E-state index < -0.39 is 22.0 Å². The first-order chi connectivity index (χ1) is 13.9. The number of pyridine rings is 1. The van der Waals surface area contributed by atoms with Crippen LogP contribution >= 0.6 is 0 Å². The lowest BCUT2D eigenvalue weighted by molar-refractivity contribution is -0.138. The Hall–Kier alpha value is -2.45. The van der Waals surface area contributed by atoms with Gasteiger partial charge in [-0.3, -0.25) is 9.78 Å². The number of sulfonamides is 1. The summed E-state index contributed by atoms with van der Waals surface area (Å²) in [6, 6.07) is 9.90. The lowest BCUT2D eigenvalue weighted by Crippen LogP contribution is -2.43. The quantitative estimate of drug-likeness (QED) is 0.483. The molecule has 1 aromatic heterocycles. The molecule has 0 aliphatic rings. The third-order valence-corrected chi connectivity index (χ3v) is 5.92. The number of ether oxygens (including phenoxy) is 1. The highest BCUT2D eigenvalue weighted by atomic mass is 32.2. The van der Waals surface area contributed by atoms with Crippen molar-refractivity contribution >= 4 is 16.0 Å². The summed E-state index contributed by atoms with van der Waals surface area (Å²) in [7, 11) is -3.60. The Kier molecular flexibility index (Phi) is 9.08.